The van der Waals surface area contributed by atoms with Crippen LogP contribution in [-0.4, -0.2) is 11.8 Å². The smallest absolute Gasteiger partial charge is 0.138 e. The van der Waals surface area contributed by atoms with Gasteiger partial charge in [0.05, 0.1) is 12.5 Å². The standard InChI is InChI=1S/C11H17NO2/c1-8(2)11(12)6-10(13)5-9-3-4-14-7-9/h3-4,7-8,11H,5-6,12H2,1-2H3. The molecule has 2 N–H and O–H groups in total. The second kappa shape index (κ2) is 4.96. The van der Waals surface area contributed by atoms with Crippen molar-refractivity contribution >= 4 is 5.78 Å². The van der Waals surface area contributed by atoms with Gasteiger partial charge in [0.1, 0.15) is 5.78 Å². The summed E-state index contributed by atoms with van der Waals surface area (Å²) in [5.74, 6) is 0.524. The fourth-order valence-corrected chi connectivity index (χ4v) is 1.19. The molecule has 0 fully saturated rings. The molecule has 0 aromatic carbocycles. The van der Waals surface area contributed by atoms with Gasteiger partial charge in [0.25, 0.3) is 0 Å². The molecule has 3 heteroatoms. The van der Waals surface area contributed by atoms with Crippen LogP contribution in [0.2, 0.25) is 0 Å². The van der Waals surface area contributed by atoms with E-state index in [2.05, 4.69) is 0 Å². The van der Waals surface area contributed by atoms with Gasteiger partial charge >= 0.3 is 0 Å². The lowest BCUT2D eigenvalue weighted by molar-refractivity contribution is -0.118. The van der Waals surface area contributed by atoms with E-state index in [4.69, 9.17) is 10.2 Å². The summed E-state index contributed by atoms with van der Waals surface area (Å²) >= 11 is 0. The molecule has 3 nitrogen and oxygen atoms in total. The van der Waals surface area contributed by atoms with Gasteiger partial charge in [0.15, 0.2) is 0 Å². The summed E-state index contributed by atoms with van der Waals surface area (Å²) in [6, 6.07) is 1.77. The van der Waals surface area contributed by atoms with Crippen LogP contribution in [0.15, 0.2) is 23.0 Å². The number of ketones is 1. The van der Waals surface area contributed by atoms with Crippen molar-refractivity contribution in [1.82, 2.24) is 0 Å². The molecule has 1 aromatic rings. The molecule has 1 unspecified atom stereocenters. The molecule has 0 aliphatic heterocycles. The second-order valence-electron chi connectivity index (χ2n) is 3.96. The minimum Gasteiger partial charge on any atom is -0.472 e. The fourth-order valence-electron chi connectivity index (χ4n) is 1.19. The van der Waals surface area contributed by atoms with Gasteiger partial charge in [-0.2, -0.15) is 0 Å². The van der Waals surface area contributed by atoms with Crippen molar-refractivity contribution in [3.05, 3.63) is 24.2 Å². The highest BCUT2D eigenvalue weighted by Gasteiger charge is 2.13. The molecule has 78 valence electrons. The Morgan fingerprint density at radius 2 is 2.29 bits per heavy atom. The zero-order valence-electron chi connectivity index (χ0n) is 8.69. The van der Waals surface area contributed by atoms with Crippen LogP contribution < -0.4 is 5.73 Å². The molecule has 0 saturated heterocycles. The highest BCUT2D eigenvalue weighted by atomic mass is 16.3. The first kappa shape index (κ1) is 11.0. The van der Waals surface area contributed by atoms with Crippen LogP contribution in [0.25, 0.3) is 0 Å². The maximum atomic E-state index is 11.5. The molecule has 0 amide bonds. The van der Waals surface area contributed by atoms with Crippen LogP contribution in [0.3, 0.4) is 0 Å². The molecule has 1 rings (SSSR count). The first-order valence-electron chi connectivity index (χ1n) is 4.88. The molecule has 0 saturated carbocycles. The van der Waals surface area contributed by atoms with E-state index in [1.165, 1.54) is 0 Å². The molecule has 0 spiro atoms. The van der Waals surface area contributed by atoms with Crippen LogP contribution in [0, 0.1) is 5.92 Å². The van der Waals surface area contributed by atoms with Gasteiger partial charge in [-0.3, -0.25) is 4.79 Å². The Bertz CT molecular complexity index is 277. The first-order chi connectivity index (χ1) is 6.59. The number of nitrogens with two attached hydrogens (primary N) is 1. The van der Waals surface area contributed by atoms with E-state index in [9.17, 15) is 4.79 Å². The molecule has 0 bridgehead atoms. The molecular formula is C11H17NO2. The summed E-state index contributed by atoms with van der Waals surface area (Å²) in [6.45, 7) is 4.05. The van der Waals surface area contributed by atoms with Gasteiger partial charge in [0, 0.05) is 18.9 Å². The number of rotatable bonds is 5. The number of Topliss-reactive ketones (excluding diaryl/α,β-unsaturated/α-hetero) is 1. The van der Waals surface area contributed by atoms with E-state index in [0.29, 0.717) is 18.8 Å². The van der Waals surface area contributed by atoms with E-state index in [-0.39, 0.29) is 11.8 Å². The van der Waals surface area contributed by atoms with Crippen LogP contribution in [0.1, 0.15) is 25.8 Å². The maximum absolute atomic E-state index is 11.5. The molecule has 1 aromatic heterocycles. The monoisotopic (exact) mass is 195 g/mol. The van der Waals surface area contributed by atoms with Gasteiger partial charge in [-0.15, -0.1) is 0 Å². The van der Waals surface area contributed by atoms with Crippen molar-refractivity contribution in [3.8, 4) is 0 Å². The zero-order chi connectivity index (χ0) is 10.6. The summed E-state index contributed by atoms with van der Waals surface area (Å²) < 4.78 is 4.88. The molecular weight excluding hydrogens is 178 g/mol. The second-order valence-corrected chi connectivity index (χ2v) is 3.96. The number of hydrogen-bond donors (Lipinski definition) is 1. The van der Waals surface area contributed by atoms with Crippen LogP contribution in [0.5, 0.6) is 0 Å². The predicted molar refractivity (Wildman–Crippen MR) is 54.8 cm³/mol. The van der Waals surface area contributed by atoms with Gasteiger partial charge in [0.2, 0.25) is 0 Å². The van der Waals surface area contributed by atoms with Crippen molar-refractivity contribution in [2.24, 2.45) is 11.7 Å². The third kappa shape index (κ3) is 3.34. The lowest BCUT2D eigenvalue weighted by Gasteiger charge is -2.13. The van der Waals surface area contributed by atoms with Gasteiger partial charge in [-0.05, 0) is 17.5 Å². The fraction of sp³-hybridized carbons (Fsp3) is 0.545. The van der Waals surface area contributed by atoms with Gasteiger partial charge in [-0.1, -0.05) is 13.8 Å². The Hall–Kier alpha value is -1.09. The van der Waals surface area contributed by atoms with Gasteiger partial charge < -0.3 is 10.2 Å². The zero-order valence-corrected chi connectivity index (χ0v) is 8.69. The van der Waals surface area contributed by atoms with Crippen LogP contribution in [0.4, 0.5) is 0 Å². The normalized spacial score (nSPS) is 13.1. The molecule has 0 aliphatic rings. The third-order valence-corrected chi connectivity index (χ3v) is 2.30. The molecule has 0 aliphatic carbocycles. The Balaban J connectivity index is 2.36. The molecule has 1 atom stereocenters. The van der Waals surface area contributed by atoms with Crippen molar-refractivity contribution in [1.29, 1.82) is 0 Å². The summed E-state index contributed by atoms with van der Waals surface area (Å²) in [6.07, 6.45) is 4.05. The summed E-state index contributed by atoms with van der Waals surface area (Å²) in [4.78, 5) is 11.5. The number of furan rings is 1. The van der Waals surface area contributed by atoms with E-state index in [1.807, 2.05) is 13.8 Å². The Morgan fingerprint density at radius 3 is 2.79 bits per heavy atom. The van der Waals surface area contributed by atoms with E-state index >= 15 is 0 Å². The predicted octanol–water partition coefficient (Wildman–Crippen LogP) is 1.76. The minimum absolute atomic E-state index is 0.0330. The summed E-state index contributed by atoms with van der Waals surface area (Å²) in [7, 11) is 0. The van der Waals surface area contributed by atoms with E-state index in [1.54, 1.807) is 18.6 Å². The summed E-state index contributed by atoms with van der Waals surface area (Å²) in [5, 5.41) is 0. The van der Waals surface area contributed by atoms with Crippen LogP contribution in [-0.2, 0) is 11.2 Å². The highest BCUT2D eigenvalue weighted by Crippen LogP contribution is 2.07. The van der Waals surface area contributed by atoms with Gasteiger partial charge in [-0.25, -0.2) is 0 Å². The third-order valence-electron chi connectivity index (χ3n) is 2.30. The number of carbonyl (C=O) groups is 1. The van der Waals surface area contributed by atoms with E-state index < -0.39 is 0 Å². The SMILES string of the molecule is CC(C)C(N)CC(=O)Cc1ccoc1. The molecule has 0 radical (unpaired) electrons. The number of carbonyl (C=O) groups excluding carboxylic acids is 1. The van der Waals surface area contributed by atoms with Crippen molar-refractivity contribution in [2.45, 2.75) is 32.7 Å². The number of hydrogen-bond acceptors (Lipinski definition) is 3. The van der Waals surface area contributed by atoms with Crippen LogP contribution >= 0.6 is 0 Å². The van der Waals surface area contributed by atoms with Crippen molar-refractivity contribution < 1.29 is 9.21 Å². The first-order valence-corrected chi connectivity index (χ1v) is 4.88. The Morgan fingerprint density at radius 1 is 1.57 bits per heavy atom. The average Bonchev–Trinajstić information content (AvgIpc) is 2.56. The van der Waals surface area contributed by atoms with E-state index in [0.717, 1.165) is 5.56 Å². The Labute approximate surface area is 84.3 Å². The molecule has 14 heavy (non-hydrogen) atoms. The largest absolute Gasteiger partial charge is 0.472 e. The highest BCUT2D eigenvalue weighted by molar-refractivity contribution is 5.81. The summed E-state index contributed by atoms with van der Waals surface area (Å²) in [5.41, 5.74) is 6.72. The molecule has 1 heterocycles. The van der Waals surface area contributed by atoms with Crippen molar-refractivity contribution in [2.75, 3.05) is 0 Å². The lowest BCUT2D eigenvalue weighted by atomic mass is 9.97. The minimum atomic E-state index is -0.0330. The lowest BCUT2D eigenvalue weighted by Crippen LogP contribution is -2.29. The topological polar surface area (TPSA) is 56.2 Å². The van der Waals surface area contributed by atoms with Crippen molar-refractivity contribution in [3.63, 3.8) is 0 Å². The Kier molecular flexibility index (Phi) is 3.89. The quantitative estimate of drug-likeness (QED) is 0.779. The average molecular weight is 195 g/mol. The maximum Gasteiger partial charge on any atom is 0.138 e.